The minimum atomic E-state index is -4.13. The molecule has 1 aliphatic heterocycles. The SMILES string of the molecule is CN=C(NCC1CCN(CC(F)(F)F)C1)N(C)Cc1ccccc1Cl. The maximum atomic E-state index is 12.5. The molecular formula is C17H24ClF3N4. The normalized spacial score (nSPS) is 19.3. The number of guanidine groups is 1. The maximum absolute atomic E-state index is 12.5. The minimum absolute atomic E-state index is 0.188. The van der Waals surface area contributed by atoms with Crippen LogP contribution in [0.25, 0.3) is 0 Å². The van der Waals surface area contributed by atoms with Crippen molar-refractivity contribution in [2.45, 2.75) is 19.1 Å². The summed E-state index contributed by atoms with van der Waals surface area (Å²) in [6.07, 6.45) is -3.37. The van der Waals surface area contributed by atoms with Crippen LogP contribution in [0.5, 0.6) is 0 Å². The molecule has 1 atom stereocenters. The number of benzene rings is 1. The lowest BCUT2D eigenvalue weighted by molar-refractivity contribution is -0.143. The highest BCUT2D eigenvalue weighted by Crippen LogP contribution is 2.22. The second-order valence-electron chi connectivity index (χ2n) is 6.38. The number of hydrogen-bond acceptors (Lipinski definition) is 2. The Labute approximate surface area is 151 Å². The number of likely N-dealkylation sites (tertiary alicyclic amines) is 1. The number of hydrogen-bond donors (Lipinski definition) is 1. The van der Waals surface area contributed by atoms with Crippen LogP contribution in [0.4, 0.5) is 13.2 Å². The average molecular weight is 377 g/mol. The molecule has 0 radical (unpaired) electrons. The van der Waals surface area contributed by atoms with Gasteiger partial charge in [0, 0.05) is 38.8 Å². The van der Waals surface area contributed by atoms with Crippen molar-refractivity contribution in [1.29, 1.82) is 0 Å². The smallest absolute Gasteiger partial charge is 0.356 e. The molecule has 1 saturated heterocycles. The fraction of sp³-hybridized carbons (Fsp3) is 0.588. The van der Waals surface area contributed by atoms with Gasteiger partial charge in [-0.3, -0.25) is 9.89 Å². The van der Waals surface area contributed by atoms with E-state index in [1.54, 1.807) is 7.05 Å². The van der Waals surface area contributed by atoms with Crippen LogP contribution in [-0.2, 0) is 6.54 Å². The van der Waals surface area contributed by atoms with E-state index in [4.69, 9.17) is 11.6 Å². The molecule has 25 heavy (non-hydrogen) atoms. The molecule has 0 aromatic heterocycles. The largest absolute Gasteiger partial charge is 0.401 e. The maximum Gasteiger partial charge on any atom is 0.401 e. The van der Waals surface area contributed by atoms with Gasteiger partial charge in [0.2, 0.25) is 0 Å². The summed E-state index contributed by atoms with van der Waals surface area (Å²) in [5, 5.41) is 3.96. The Morgan fingerprint density at radius 1 is 1.40 bits per heavy atom. The fourth-order valence-corrected chi connectivity index (χ4v) is 3.25. The first kappa shape index (κ1) is 19.8. The van der Waals surface area contributed by atoms with Gasteiger partial charge in [0.1, 0.15) is 0 Å². The van der Waals surface area contributed by atoms with Crippen molar-refractivity contribution in [1.82, 2.24) is 15.1 Å². The summed E-state index contributed by atoms with van der Waals surface area (Å²) in [6.45, 7) is 1.32. The second kappa shape index (κ2) is 8.76. The summed E-state index contributed by atoms with van der Waals surface area (Å²) in [5.41, 5.74) is 0.992. The third-order valence-electron chi connectivity index (χ3n) is 4.26. The van der Waals surface area contributed by atoms with E-state index in [2.05, 4.69) is 10.3 Å². The van der Waals surface area contributed by atoms with Gasteiger partial charge >= 0.3 is 6.18 Å². The number of halogens is 4. The van der Waals surface area contributed by atoms with Gasteiger partial charge in [-0.15, -0.1) is 0 Å². The molecule has 0 spiro atoms. The van der Waals surface area contributed by atoms with Gasteiger partial charge in [-0.05, 0) is 30.5 Å². The third kappa shape index (κ3) is 6.40. The van der Waals surface area contributed by atoms with Crippen LogP contribution >= 0.6 is 11.6 Å². The average Bonchev–Trinajstić information content (AvgIpc) is 2.95. The summed E-state index contributed by atoms with van der Waals surface area (Å²) >= 11 is 6.18. The zero-order chi connectivity index (χ0) is 18.4. The van der Waals surface area contributed by atoms with Crippen LogP contribution in [0.1, 0.15) is 12.0 Å². The van der Waals surface area contributed by atoms with Crippen molar-refractivity contribution in [2.24, 2.45) is 10.9 Å². The molecule has 1 N–H and O–H groups in total. The van der Waals surface area contributed by atoms with Crippen LogP contribution in [0.3, 0.4) is 0 Å². The van der Waals surface area contributed by atoms with E-state index in [0.29, 0.717) is 37.2 Å². The van der Waals surface area contributed by atoms with E-state index < -0.39 is 12.7 Å². The van der Waals surface area contributed by atoms with Crippen molar-refractivity contribution < 1.29 is 13.2 Å². The molecule has 1 heterocycles. The number of aliphatic imine (C=N–C) groups is 1. The van der Waals surface area contributed by atoms with Crippen molar-refractivity contribution in [3.05, 3.63) is 34.9 Å². The molecule has 0 bridgehead atoms. The third-order valence-corrected chi connectivity index (χ3v) is 4.63. The fourth-order valence-electron chi connectivity index (χ4n) is 3.05. The van der Waals surface area contributed by atoms with Crippen molar-refractivity contribution in [3.63, 3.8) is 0 Å². The Bertz CT molecular complexity index is 592. The molecule has 140 valence electrons. The lowest BCUT2D eigenvalue weighted by Crippen LogP contribution is -2.41. The summed E-state index contributed by atoms with van der Waals surface area (Å²) in [4.78, 5) is 7.66. The molecule has 0 aliphatic carbocycles. The highest BCUT2D eigenvalue weighted by atomic mass is 35.5. The Kier molecular flexibility index (Phi) is 6.95. The van der Waals surface area contributed by atoms with E-state index in [0.717, 1.165) is 12.0 Å². The second-order valence-corrected chi connectivity index (χ2v) is 6.79. The Hall–Kier alpha value is -1.47. The molecule has 1 unspecified atom stereocenters. The quantitative estimate of drug-likeness (QED) is 0.632. The predicted molar refractivity (Wildman–Crippen MR) is 94.9 cm³/mol. The van der Waals surface area contributed by atoms with Gasteiger partial charge in [0.05, 0.1) is 6.54 Å². The van der Waals surface area contributed by atoms with Gasteiger partial charge in [-0.1, -0.05) is 29.8 Å². The van der Waals surface area contributed by atoms with Crippen LogP contribution in [-0.4, -0.2) is 62.2 Å². The molecule has 0 saturated carbocycles. The van der Waals surface area contributed by atoms with Gasteiger partial charge in [0.15, 0.2) is 5.96 Å². The highest BCUT2D eigenvalue weighted by Gasteiger charge is 2.34. The monoisotopic (exact) mass is 376 g/mol. The number of alkyl halides is 3. The molecule has 1 aliphatic rings. The van der Waals surface area contributed by atoms with E-state index in [9.17, 15) is 13.2 Å². The van der Waals surface area contributed by atoms with Gasteiger partial charge in [0.25, 0.3) is 0 Å². The van der Waals surface area contributed by atoms with Gasteiger partial charge in [-0.2, -0.15) is 13.2 Å². The molecule has 1 fully saturated rings. The van der Waals surface area contributed by atoms with Crippen LogP contribution in [0.2, 0.25) is 5.02 Å². The molecule has 4 nitrogen and oxygen atoms in total. The summed E-state index contributed by atoms with van der Waals surface area (Å²) in [6, 6.07) is 7.61. The lowest BCUT2D eigenvalue weighted by Gasteiger charge is -2.24. The van der Waals surface area contributed by atoms with Gasteiger partial charge < -0.3 is 10.2 Å². The molecule has 8 heteroatoms. The first-order chi connectivity index (χ1) is 11.8. The molecule has 1 aromatic carbocycles. The Morgan fingerprint density at radius 2 is 2.12 bits per heavy atom. The van der Waals surface area contributed by atoms with Crippen LogP contribution < -0.4 is 5.32 Å². The van der Waals surface area contributed by atoms with Crippen molar-refractivity contribution >= 4 is 17.6 Å². The van der Waals surface area contributed by atoms with Crippen LogP contribution in [0.15, 0.2) is 29.3 Å². The van der Waals surface area contributed by atoms with Crippen LogP contribution in [0, 0.1) is 5.92 Å². The Balaban J connectivity index is 1.81. The highest BCUT2D eigenvalue weighted by molar-refractivity contribution is 6.31. The number of rotatable bonds is 5. The standard InChI is InChI=1S/C17H24ClF3N4/c1-22-16(24(2)11-14-5-3-4-6-15(14)18)23-9-13-7-8-25(10-13)12-17(19,20)21/h3-6,13H,7-12H2,1-2H3,(H,22,23). The first-order valence-electron chi connectivity index (χ1n) is 8.23. The molecular weight excluding hydrogens is 353 g/mol. The Morgan fingerprint density at radius 3 is 2.76 bits per heavy atom. The predicted octanol–water partition coefficient (Wildman–Crippen LogP) is 3.23. The summed E-state index contributed by atoms with van der Waals surface area (Å²) in [5.74, 6) is 0.891. The first-order valence-corrected chi connectivity index (χ1v) is 8.60. The van der Waals surface area contributed by atoms with E-state index in [-0.39, 0.29) is 5.92 Å². The number of nitrogens with zero attached hydrogens (tertiary/aromatic N) is 3. The zero-order valence-electron chi connectivity index (χ0n) is 14.5. The van der Waals surface area contributed by atoms with E-state index in [1.807, 2.05) is 36.2 Å². The lowest BCUT2D eigenvalue weighted by atomic mass is 10.1. The molecule has 1 aromatic rings. The van der Waals surface area contributed by atoms with E-state index >= 15 is 0 Å². The summed E-state index contributed by atoms with van der Waals surface area (Å²) in [7, 11) is 3.60. The van der Waals surface area contributed by atoms with E-state index in [1.165, 1.54) is 4.90 Å². The number of nitrogens with one attached hydrogen (secondary N) is 1. The minimum Gasteiger partial charge on any atom is -0.356 e. The molecule has 2 rings (SSSR count). The summed E-state index contributed by atoms with van der Waals surface area (Å²) < 4.78 is 37.4. The zero-order valence-corrected chi connectivity index (χ0v) is 15.2. The van der Waals surface area contributed by atoms with Crippen molar-refractivity contribution in [2.75, 3.05) is 40.3 Å². The van der Waals surface area contributed by atoms with Gasteiger partial charge in [-0.25, -0.2) is 0 Å². The van der Waals surface area contributed by atoms with Crippen molar-refractivity contribution in [3.8, 4) is 0 Å². The molecule has 0 amide bonds. The topological polar surface area (TPSA) is 30.9 Å².